The number of aromatic hydroxyl groups is 1. The van der Waals surface area contributed by atoms with E-state index in [1.807, 2.05) is 50.2 Å². The second kappa shape index (κ2) is 7.61. The van der Waals surface area contributed by atoms with Crippen molar-refractivity contribution in [1.82, 2.24) is 5.16 Å². The molecule has 0 saturated heterocycles. The predicted molar refractivity (Wildman–Crippen MR) is 116 cm³/mol. The average molecular weight is 416 g/mol. The van der Waals surface area contributed by atoms with Gasteiger partial charge in [0.05, 0.1) is 17.9 Å². The normalized spacial score (nSPS) is 20.1. The zero-order valence-electron chi connectivity index (χ0n) is 17.5. The first kappa shape index (κ1) is 19.4. The number of fused-ring (bicyclic) bond motifs is 1. The van der Waals surface area contributed by atoms with Gasteiger partial charge in [-0.2, -0.15) is 0 Å². The molecule has 0 bridgehead atoms. The third kappa shape index (κ3) is 3.38. The minimum absolute atomic E-state index is 0.0471. The summed E-state index contributed by atoms with van der Waals surface area (Å²) in [4.78, 5) is 13.5. The van der Waals surface area contributed by atoms with E-state index < -0.39 is 0 Å². The Morgan fingerprint density at radius 3 is 2.52 bits per heavy atom. The first-order valence-corrected chi connectivity index (χ1v) is 10.6. The number of phenols is 1. The Hall–Kier alpha value is -3.54. The number of hydrogen-bond donors (Lipinski definition) is 2. The number of carbonyl (C=O) groups excluding carboxylic acids is 1. The minimum atomic E-state index is -0.221. The van der Waals surface area contributed by atoms with Crippen molar-refractivity contribution in [3.8, 4) is 11.5 Å². The molecule has 0 radical (unpaired) electrons. The van der Waals surface area contributed by atoms with Crippen molar-refractivity contribution in [2.45, 2.75) is 38.5 Å². The topological polar surface area (TPSA) is 84.6 Å². The van der Waals surface area contributed by atoms with Gasteiger partial charge in [0.2, 0.25) is 5.88 Å². The molecule has 0 spiro atoms. The molecule has 3 aromatic rings. The highest BCUT2D eigenvalue weighted by Gasteiger charge is 2.41. The Kier molecular flexibility index (Phi) is 4.77. The zero-order valence-corrected chi connectivity index (χ0v) is 17.5. The summed E-state index contributed by atoms with van der Waals surface area (Å²) in [6, 6.07) is 15.0. The largest absolute Gasteiger partial charge is 0.508 e. The number of hydrogen-bond acceptors (Lipinski definition) is 6. The highest BCUT2D eigenvalue weighted by molar-refractivity contribution is 6.01. The maximum absolute atomic E-state index is 13.5. The van der Waals surface area contributed by atoms with Crippen molar-refractivity contribution in [2.75, 3.05) is 11.9 Å². The van der Waals surface area contributed by atoms with E-state index in [1.165, 1.54) is 0 Å². The van der Waals surface area contributed by atoms with E-state index in [0.29, 0.717) is 25.3 Å². The van der Waals surface area contributed by atoms with E-state index in [2.05, 4.69) is 10.5 Å². The van der Waals surface area contributed by atoms with Gasteiger partial charge < -0.3 is 19.7 Å². The quantitative estimate of drug-likeness (QED) is 0.619. The summed E-state index contributed by atoms with van der Waals surface area (Å²) < 4.78 is 11.2. The van der Waals surface area contributed by atoms with Gasteiger partial charge in [0.15, 0.2) is 5.78 Å². The van der Waals surface area contributed by atoms with Crippen LogP contribution in [0.2, 0.25) is 0 Å². The molecule has 2 unspecified atom stereocenters. The number of nitrogens with zero attached hydrogens (tertiary/aromatic N) is 1. The van der Waals surface area contributed by atoms with Crippen LogP contribution in [0.25, 0.3) is 0 Å². The van der Waals surface area contributed by atoms with E-state index >= 15 is 0 Å². The fraction of sp³-hybridized carbons (Fsp3) is 0.280. The highest BCUT2D eigenvalue weighted by Crippen LogP contribution is 2.49. The lowest BCUT2D eigenvalue weighted by molar-refractivity contribution is -0.116. The second-order valence-corrected chi connectivity index (χ2v) is 8.08. The van der Waals surface area contributed by atoms with Crippen molar-refractivity contribution in [2.24, 2.45) is 0 Å². The van der Waals surface area contributed by atoms with Crippen LogP contribution in [0, 0.1) is 6.92 Å². The molecule has 2 atom stereocenters. The van der Waals surface area contributed by atoms with Gasteiger partial charge in [-0.3, -0.25) is 4.79 Å². The fourth-order valence-corrected chi connectivity index (χ4v) is 4.71. The zero-order chi connectivity index (χ0) is 21.5. The molecule has 5 rings (SSSR count). The summed E-state index contributed by atoms with van der Waals surface area (Å²) in [5, 5.41) is 17.1. The standard InChI is InChI=1S/C25H24N2O4/c1-3-30-19-10-6-16(7-11-19)23-22-14(2)27-31-25(22)26-20-12-17(13-21(29)24(20)23)15-4-8-18(28)9-5-15/h4-11,17,23,26,28H,3,12-13H2,1-2H3. The van der Waals surface area contributed by atoms with Crippen LogP contribution in [0.4, 0.5) is 5.88 Å². The molecule has 0 saturated carbocycles. The lowest BCUT2D eigenvalue weighted by atomic mass is 9.72. The SMILES string of the molecule is CCOc1ccc(C2C3=C(CC(c4ccc(O)cc4)CC3=O)Nc3onc(C)c32)cc1. The van der Waals surface area contributed by atoms with E-state index in [0.717, 1.165) is 39.4 Å². The molecular weight excluding hydrogens is 392 g/mol. The van der Waals surface area contributed by atoms with Crippen LogP contribution >= 0.6 is 0 Å². The van der Waals surface area contributed by atoms with Gasteiger partial charge in [0, 0.05) is 23.6 Å². The number of ether oxygens (including phenoxy) is 1. The molecule has 0 fully saturated rings. The monoisotopic (exact) mass is 416 g/mol. The van der Waals surface area contributed by atoms with E-state index in [9.17, 15) is 9.90 Å². The molecule has 6 nitrogen and oxygen atoms in total. The molecule has 1 aromatic heterocycles. The number of rotatable bonds is 4. The lowest BCUT2D eigenvalue weighted by Crippen LogP contribution is -2.29. The maximum Gasteiger partial charge on any atom is 0.233 e. The number of anilines is 1. The Balaban J connectivity index is 1.57. The summed E-state index contributed by atoms with van der Waals surface area (Å²) in [5.41, 5.74) is 5.42. The molecule has 2 N–H and O–H groups in total. The molecule has 0 amide bonds. The third-order valence-electron chi connectivity index (χ3n) is 6.15. The number of aromatic nitrogens is 1. The van der Waals surface area contributed by atoms with Crippen LogP contribution < -0.4 is 10.1 Å². The van der Waals surface area contributed by atoms with Crippen LogP contribution in [0.1, 0.15) is 54.0 Å². The van der Waals surface area contributed by atoms with E-state index in [1.54, 1.807) is 12.1 Å². The third-order valence-corrected chi connectivity index (χ3v) is 6.15. The predicted octanol–water partition coefficient (Wildman–Crippen LogP) is 5.05. The Labute approximate surface area is 180 Å². The summed E-state index contributed by atoms with van der Waals surface area (Å²) >= 11 is 0. The van der Waals surface area contributed by atoms with Gasteiger partial charge in [-0.15, -0.1) is 0 Å². The number of aryl methyl sites for hydroxylation is 1. The smallest absolute Gasteiger partial charge is 0.233 e. The van der Waals surface area contributed by atoms with Crippen LogP contribution in [0.15, 0.2) is 64.3 Å². The molecule has 2 aromatic carbocycles. The van der Waals surface area contributed by atoms with E-state index in [4.69, 9.17) is 9.26 Å². The number of ketones is 1. The summed E-state index contributed by atoms with van der Waals surface area (Å²) in [5.74, 6) is 1.58. The first-order chi connectivity index (χ1) is 15.0. The average Bonchev–Trinajstić information content (AvgIpc) is 3.14. The number of Topliss-reactive ketones (excluding diaryl/α,β-unsaturated/α-hetero) is 1. The highest BCUT2D eigenvalue weighted by atomic mass is 16.5. The minimum Gasteiger partial charge on any atom is -0.508 e. The summed E-state index contributed by atoms with van der Waals surface area (Å²) in [6.07, 6.45) is 1.12. The summed E-state index contributed by atoms with van der Waals surface area (Å²) in [6.45, 7) is 4.47. The van der Waals surface area contributed by atoms with Crippen LogP contribution in [-0.2, 0) is 4.79 Å². The summed E-state index contributed by atoms with van der Waals surface area (Å²) in [7, 11) is 0. The lowest BCUT2D eigenvalue weighted by Gasteiger charge is -2.34. The van der Waals surface area contributed by atoms with Gasteiger partial charge in [0.25, 0.3) is 0 Å². The molecule has 1 aliphatic heterocycles. The van der Waals surface area contributed by atoms with Gasteiger partial charge >= 0.3 is 0 Å². The molecule has 31 heavy (non-hydrogen) atoms. The van der Waals surface area contributed by atoms with Gasteiger partial charge in [-0.05, 0) is 61.6 Å². The number of nitrogens with one attached hydrogen (secondary N) is 1. The molecular formula is C25H24N2O4. The molecule has 158 valence electrons. The van der Waals surface area contributed by atoms with Gasteiger partial charge in [-0.1, -0.05) is 29.4 Å². The van der Waals surface area contributed by atoms with Crippen molar-refractivity contribution in [3.05, 3.63) is 82.2 Å². The first-order valence-electron chi connectivity index (χ1n) is 10.6. The van der Waals surface area contributed by atoms with Gasteiger partial charge in [-0.25, -0.2) is 0 Å². The Morgan fingerprint density at radius 2 is 1.81 bits per heavy atom. The van der Waals surface area contributed by atoms with Crippen molar-refractivity contribution < 1.29 is 19.2 Å². The number of carbonyl (C=O) groups is 1. The fourth-order valence-electron chi connectivity index (χ4n) is 4.71. The molecule has 1 aliphatic carbocycles. The number of allylic oxidation sites excluding steroid dienone is 2. The Morgan fingerprint density at radius 1 is 1.10 bits per heavy atom. The number of phenolic OH excluding ortho intramolecular Hbond substituents is 1. The second-order valence-electron chi connectivity index (χ2n) is 8.08. The molecule has 2 aliphatic rings. The van der Waals surface area contributed by atoms with Crippen molar-refractivity contribution in [1.29, 1.82) is 0 Å². The van der Waals surface area contributed by atoms with Crippen molar-refractivity contribution >= 4 is 11.7 Å². The van der Waals surface area contributed by atoms with E-state index in [-0.39, 0.29) is 23.4 Å². The van der Waals surface area contributed by atoms with Crippen LogP contribution in [-0.4, -0.2) is 22.7 Å². The van der Waals surface area contributed by atoms with Crippen molar-refractivity contribution in [3.63, 3.8) is 0 Å². The van der Waals surface area contributed by atoms with Gasteiger partial charge in [0.1, 0.15) is 11.5 Å². The van der Waals surface area contributed by atoms with Crippen LogP contribution in [0.3, 0.4) is 0 Å². The Bertz CT molecular complexity index is 1160. The maximum atomic E-state index is 13.5. The van der Waals surface area contributed by atoms with Crippen LogP contribution in [0.5, 0.6) is 11.5 Å². The molecule has 2 heterocycles. The number of benzene rings is 2. The molecule has 6 heteroatoms.